The number of phenols is 3. The summed E-state index contributed by atoms with van der Waals surface area (Å²) < 4.78 is 0. The van der Waals surface area contributed by atoms with E-state index in [1.54, 1.807) is 0 Å². The Morgan fingerprint density at radius 1 is 1.21 bits per heavy atom. The second-order valence-electron chi connectivity index (χ2n) is 3.44. The summed E-state index contributed by atoms with van der Waals surface area (Å²) in [5.41, 5.74) is 4.95. The van der Waals surface area contributed by atoms with Crippen LogP contribution in [-0.4, -0.2) is 27.0 Å². The van der Waals surface area contributed by atoms with Gasteiger partial charge in [0.05, 0.1) is 12.1 Å². The molecule has 78 valence electrons. The van der Waals surface area contributed by atoms with Crippen LogP contribution in [0.3, 0.4) is 0 Å². The molecule has 5 nitrogen and oxygen atoms in total. The maximum absolute atomic E-state index is 9.19. The minimum atomic E-state index is -1.07. The summed E-state index contributed by atoms with van der Waals surface area (Å²) in [6.45, 7) is 1.20. The molecule has 1 aromatic rings. The Morgan fingerprint density at radius 2 is 1.64 bits per heavy atom. The molecule has 0 spiro atoms. The second kappa shape index (κ2) is 3.36. The number of aliphatic hydroxyl groups is 1. The Bertz CT molecular complexity index is 326. The molecular formula is C9H13NO4. The highest BCUT2D eigenvalue weighted by molar-refractivity contribution is 5.52. The number of hydrogen-bond donors (Lipinski definition) is 5. The van der Waals surface area contributed by atoms with Gasteiger partial charge in [-0.2, -0.15) is 0 Å². The Kier molecular flexibility index (Phi) is 2.55. The summed E-state index contributed by atoms with van der Waals surface area (Å²) in [6.07, 6.45) is 0. The van der Waals surface area contributed by atoms with Crippen molar-refractivity contribution in [3.8, 4) is 17.2 Å². The van der Waals surface area contributed by atoms with Gasteiger partial charge in [0.25, 0.3) is 0 Å². The second-order valence-corrected chi connectivity index (χ2v) is 3.44. The highest BCUT2D eigenvalue weighted by Crippen LogP contribution is 2.37. The molecule has 1 atom stereocenters. The van der Waals surface area contributed by atoms with Gasteiger partial charge in [-0.1, -0.05) is 0 Å². The third-order valence-electron chi connectivity index (χ3n) is 2.06. The molecule has 0 amide bonds. The van der Waals surface area contributed by atoms with Crippen molar-refractivity contribution >= 4 is 0 Å². The molecule has 0 aliphatic rings. The Morgan fingerprint density at radius 3 is 2.00 bits per heavy atom. The standard InChI is InChI=1S/C9H13NO4/c1-9(10,4-11)5-2-6(12)8(14)7(13)3-5/h2-3,11-14H,4,10H2,1H3. The number of hydrogen-bond acceptors (Lipinski definition) is 5. The van der Waals surface area contributed by atoms with Crippen LogP contribution >= 0.6 is 0 Å². The van der Waals surface area contributed by atoms with Crippen LogP contribution in [0.5, 0.6) is 17.2 Å². The van der Waals surface area contributed by atoms with Gasteiger partial charge in [0.2, 0.25) is 0 Å². The minimum Gasteiger partial charge on any atom is -0.504 e. The fraction of sp³-hybridized carbons (Fsp3) is 0.333. The first-order valence-corrected chi connectivity index (χ1v) is 4.03. The van der Waals surface area contributed by atoms with Gasteiger partial charge in [0.1, 0.15) is 0 Å². The minimum absolute atomic E-state index is 0.337. The van der Waals surface area contributed by atoms with E-state index in [0.717, 1.165) is 0 Å². The first kappa shape index (κ1) is 10.6. The maximum atomic E-state index is 9.19. The van der Waals surface area contributed by atoms with E-state index in [0.29, 0.717) is 5.56 Å². The quantitative estimate of drug-likeness (QED) is 0.430. The zero-order valence-electron chi connectivity index (χ0n) is 7.73. The van der Waals surface area contributed by atoms with E-state index in [2.05, 4.69) is 0 Å². The lowest BCUT2D eigenvalue weighted by molar-refractivity contribution is 0.209. The van der Waals surface area contributed by atoms with Crippen molar-refractivity contribution in [2.45, 2.75) is 12.5 Å². The van der Waals surface area contributed by atoms with Gasteiger partial charge in [0.15, 0.2) is 17.2 Å². The number of aliphatic hydroxyl groups excluding tert-OH is 1. The lowest BCUT2D eigenvalue weighted by Crippen LogP contribution is -2.36. The van der Waals surface area contributed by atoms with Crippen molar-refractivity contribution in [3.05, 3.63) is 17.7 Å². The Labute approximate surface area is 81.0 Å². The third kappa shape index (κ3) is 1.73. The molecule has 1 rings (SSSR count). The molecule has 0 saturated carbocycles. The van der Waals surface area contributed by atoms with E-state index in [9.17, 15) is 10.2 Å². The van der Waals surface area contributed by atoms with Crippen molar-refractivity contribution < 1.29 is 20.4 Å². The highest BCUT2D eigenvalue weighted by atomic mass is 16.3. The van der Waals surface area contributed by atoms with Gasteiger partial charge in [0, 0.05) is 0 Å². The summed E-state index contributed by atoms with van der Waals surface area (Å²) in [5.74, 6) is -1.53. The van der Waals surface area contributed by atoms with Gasteiger partial charge in [-0.05, 0) is 24.6 Å². The number of phenolic OH excluding ortho intramolecular Hbond substituents is 3. The number of rotatable bonds is 2. The monoisotopic (exact) mass is 199 g/mol. The maximum Gasteiger partial charge on any atom is 0.200 e. The largest absolute Gasteiger partial charge is 0.504 e. The van der Waals surface area contributed by atoms with Crippen LogP contribution in [0.25, 0.3) is 0 Å². The van der Waals surface area contributed by atoms with Crippen molar-refractivity contribution in [2.24, 2.45) is 5.73 Å². The molecule has 0 bridgehead atoms. The van der Waals surface area contributed by atoms with Crippen molar-refractivity contribution in [1.82, 2.24) is 0 Å². The molecule has 5 heteroatoms. The van der Waals surface area contributed by atoms with Crippen molar-refractivity contribution in [3.63, 3.8) is 0 Å². The van der Waals surface area contributed by atoms with Gasteiger partial charge >= 0.3 is 0 Å². The SMILES string of the molecule is CC(N)(CO)c1cc(O)c(O)c(O)c1. The average molecular weight is 199 g/mol. The van der Waals surface area contributed by atoms with E-state index in [1.165, 1.54) is 19.1 Å². The van der Waals surface area contributed by atoms with E-state index in [1.807, 2.05) is 0 Å². The van der Waals surface area contributed by atoms with Crippen LogP contribution in [0.15, 0.2) is 12.1 Å². The smallest absolute Gasteiger partial charge is 0.200 e. The van der Waals surface area contributed by atoms with Gasteiger partial charge in [-0.3, -0.25) is 0 Å². The van der Waals surface area contributed by atoms with Gasteiger partial charge in [-0.15, -0.1) is 0 Å². The van der Waals surface area contributed by atoms with Crippen LogP contribution in [0.1, 0.15) is 12.5 Å². The Hall–Kier alpha value is -1.46. The van der Waals surface area contributed by atoms with E-state index >= 15 is 0 Å². The lowest BCUT2D eigenvalue weighted by Gasteiger charge is -2.22. The van der Waals surface area contributed by atoms with Crippen LogP contribution in [0.4, 0.5) is 0 Å². The molecule has 0 aromatic heterocycles. The summed E-state index contributed by atoms with van der Waals surface area (Å²) in [6, 6.07) is 2.40. The molecule has 1 aromatic carbocycles. The molecule has 0 aliphatic heterocycles. The van der Waals surface area contributed by atoms with Crippen LogP contribution in [0, 0.1) is 0 Å². The van der Waals surface area contributed by atoms with E-state index in [4.69, 9.17) is 15.9 Å². The predicted molar refractivity (Wildman–Crippen MR) is 50.1 cm³/mol. The molecule has 14 heavy (non-hydrogen) atoms. The molecule has 0 aliphatic carbocycles. The molecule has 1 unspecified atom stereocenters. The van der Waals surface area contributed by atoms with Crippen LogP contribution < -0.4 is 5.73 Å². The summed E-state index contributed by atoms with van der Waals surface area (Å²) in [4.78, 5) is 0. The topological polar surface area (TPSA) is 107 Å². The van der Waals surface area contributed by atoms with Crippen molar-refractivity contribution in [1.29, 1.82) is 0 Å². The molecule has 0 heterocycles. The number of benzene rings is 1. The number of nitrogens with two attached hydrogens (primary N) is 1. The van der Waals surface area contributed by atoms with Crippen LogP contribution in [0.2, 0.25) is 0 Å². The molecule has 0 saturated heterocycles. The first-order valence-electron chi connectivity index (χ1n) is 4.03. The predicted octanol–water partition coefficient (Wildman–Crippen LogP) is -0.0304. The average Bonchev–Trinajstić information content (AvgIpc) is 2.13. The van der Waals surface area contributed by atoms with E-state index in [-0.39, 0.29) is 6.61 Å². The summed E-state index contributed by atoms with van der Waals surface area (Å²) in [5, 5.41) is 36.4. The van der Waals surface area contributed by atoms with Crippen molar-refractivity contribution in [2.75, 3.05) is 6.61 Å². The van der Waals surface area contributed by atoms with Gasteiger partial charge < -0.3 is 26.2 Å². The molecule has 0 radical (unpaired) electrons. The van der Waals surface area contributed by atoms with E-state index < -0.39 is 22.8 Å². The lowest BCUT2D eigenvalue weighted by atomic mass is 9.93. The van der Waals surface area contributed by atoms with Crippen LogP contribution in [-0.2, 0) is 5.54 Å². The zero-order chi connectivity index (χ0) is 10.9. The fourth-order valence-electron chi connectivity index (χ4n) is 1.03. The third-order valence-corrected chi connectivity index (χ3v) is 2.06. The zero-order valence-corrected chi connectivity index (χ0v) is 7.73. The molecule has 0 fully saturated rings. The number of aromatic hydroxyl groups is 3. The highest BCUT2D eigenvalue weighted by Gasteiger charge is 2.22. The summed E-state index contributed by atoms with van der Waals surface area (Å²) in [7, 11) is 0. The fourth-order valence-corrected chi connectivity index (χ4v) is 1.03. The first-order chi connectivity index (χ1) is 6.38. The summed E-state index contributed by atoms with van der Waals surface area (Å²) >= 11 is 0. The van der Waals surface area contributed by atoms with Gasteiger partial charge in [-0.25, -0.2) is 0 Å². The molecular weight excluding hydrogens is 186 g/mol. The molecule has 6 N–H and O–H groups in total. The Balaban J connectivity index is 3.26. The normalized spacial score (nSPS) is 15.1.